The molecule has 1 aliphatic heterocycles. The number of anilines is 1. The molecule has 2 aromatic carbocycles. The first-order valence-corrected chi connectivity index (χ1v) is 22.5. The predicted octanol–water partition coefficient (Wildman–Crippen LogP) is 12.0. The normalized spacial score (nSPS) is 19.5. The Morgan fingerprint density at radius 1 is 0.750 bits per heavy atom. The quantitative estimate of drug-likeness (QED) is 0.151. The number of benzene rings is 2. The average molecular weight is 694 g/mol. The van der Waals surface area contributed by atoms with Crippen molar-refractivity contribution in [2.45, 2.75) is 136 Å². The average Bonchev–Trinajstić information content (AvgIpc) is 3.11. The molecule has 0 radical (unpaired) electrons. The topological polar surface area (TPSA) is 3.24 Å². The Balaban J connectivity index is 0.000000342. The van der Waals surface area contributed by atoms with Crippen LogP contribution in [-0.2, 0) is 18.9 Å². The van der Waals surface area contributed by atoms with E-state index in [1.54, 1.807) is 0 Å². The van der Waals surface area contributed by atoms with Crippen LogP contribution in [-0.4, -0.2) is 26.9 Å². The van der Waals surface area contributed by atoms with Gasteiger partial charge in [0.25, 0.3) is 0 Å². The van der Waals surface area contributed by atoms with Gasteiger partial charge in [-0.15, -0.1) is 5.41 Å². The van der Waals surface area contributed by atoms with Gasteiger partial charge in [-0.3, -0.25) is 0 Å². The van der Waals surface area contributed by atoms with E-state index in [2.05, 4.69) is 154 Å². The Morgan fingerprint density at radius 3 is 1.55 bits per heavy atom. The van der Waals surface area contributed by atoms with Gasteiger partial charge in [0.1, 0.15) is 0 Å². The molecule has 0 aromatic heterocycles. The van der Waals surface area contributed by atoms with Gasteiger partial charge in [-0.25, -0.2) is 6.54 Å². The van der Waals surface area contributed by atoms with Crippen LogP contribution in [0.1, 0.15) is 125 Å². The van der Waals surface area contributed by atoms with Gasteiger partial charge in [0.05, 0.1) is 0 Å². The standard InChI is InChI=1S/C25H34N.C10H22P.2ClH.Ru/c1-18(2)21-14-11-15-22(19(3)4)23(21)26-17-25(7,16-24(26,5)6)20-12-9-8-10-13-20;1-8(2)11(7,9(3)4)10(5)6;;;/h8-15,17-19H,16H2,1-7H3;7-10H,1-6H3;2*1H;/q-1;+1;;;+2/p-2/t25-;;;;/m1..../s1. The van der Waals surface area contributed by atoms with E-state index in [1.807, 2.05) is 0 Å². The van der Waals surface area contributed by atoms with Crippen molar-refractivity contribution < 1.29 is 13.5 Å². The molecule has 0 amide bonds. The molecule has 0 spiro atoms. The monoisotopic (exact) mass is 693 g/mol. The van der Waals surface area contributed by atoms with Crippen molar-refractivity contribution in [1.82, 2.24) is 0 Å². The van der Waals surface area contributed by atoms with Crippen molar-refractivity contribution in [3.8, 4) is 0 Å². The van der Waals surface area contributed by atoms with Crippen LogP contribution >= 0.6 is 26.6 Å². The maximum atomic E-state index is 6.08. The minimum Gasteiger partial charge on any atom is -0.517 e. The van der Waals surface area contributed by atoms with Crippen LogP contribution in [0.4, 0.5) is 5.69 Å². The van der Waals surface area contributed by atoms with Crippen LogP contribution in [0.5, 0.6) is 0 Å². The molecule has 228 valence electrons. The molecule has 0 bridgehead atoms. The maximum Gasteiger partial charge on any atom is 0.0145 e. The molecule has 3 rings (SSSR count). The first-order chi connectivity index (χ1) is 18.4. The Morgan fingerprint density at radius 2 is 1.20 bits per heavy atom. The van der Waals surface area contributed by atoms with E-state index >= 15 is 0 Å². The van der Waals surface area contributed by atoms with Crippen LogP contribution in [0, 0.1) is 6.54 Å². The summed E-state index contributed by atoms with van der Waals surface area (Å²) in [6, 6.07) is 17.8. The van der Waals surface area contributed by atoms with E-state index in [-0.39, 0.29) is 11.0 Å². The molecule has 1 atom stereocenters. The zero-order valence-corrected chi connectivity index (χ0v) is 31.5. The fourth-order valence-corrected chi connectivity index (χ4v) is 22.0. The fourth-order valence-electron chi connectivity index (χ4n) is 6.87. The Hall–Kier alpha value is -0.257. The molecule has 1 nitrogen and oxygen atoms in total. The van der Waals surface area contributed by atoms with Gasteiger partial charge in [0, 0.05) is 11.2 Å². The van der Waals surface area contributed by atoms with E-state index in [9.17, 15) is 0 Å². The summed E-state index contributed by atoms with van der Waals surface area (Å²) in [6.45, 7) is 32.8. The number of nitrogens with zero attached hydrogens (tertiary/aromatic N) is 1. The number of hydrogen-bond acceptors (Lipinski definition) is 1. The van der Waals surface area contributed by atoms with Crippen molar-refractivity contribution in [1.29, 1.82) is 0 Å². The number of para-hydroxylation sites is 1. The van der Waals surface area contributed by atoms with Gasteiger partial charge in [0.15, 0.2) is 0 Å². The molecule has 1 fully saturated rings. The van der Waals surface area contributed by atoms with Crippen molar-refractivity contribution in [2.24, 2.45) is 0 Å². The van der Waals surface area contributed by atoms with Crippen molar-refractivity contribution in [3.05, 3.63) is 71.8 Å². The summed E-state index contributed by atoms with van der Waals surface area (Å²) in [5.74, 6) is 1.02. The van der Waals surface area contributed by atoms with Gasteiger partial charge in [-0.2, -0.15) is 0 Å². The molecule has 1 heterocycles. The van der Waals surface area contributed by atoms with Gasteiger partial charge in [0.2, 0.25) is 0 Å². The van der Waals surface area contributed by atoms with E-state index in [1.165, 1.54) is 22.4 Å². The molecule has 1 saturated heterocycles. The second kappa shape index (κ2) is 14.5. The van der Waals surface area contributed by atoms with Crippen LogP contribution in [0.3, 0.4) is 0 Å². The summed E-state index contributed by atoms with van der Waals surface area (Å²) >= 11 is -1.64. The summed E-state index contributed by atoms with van der Waals surface area (Å²) in [7, 11) is 11.1. The van der Waals surface area contributed by atoms with E-state index < -0.39 is 20.8 Å². The number of hydrogen-bond donors (Lipinski definition) is 0. The molecule has 1 aliphatic rings. The Kier molecular flexibility index (Phi) is 13.0. The van der Waals surface area contributed by atoms with E-state index in [0.29, 0.717) is 28.8 Å². The second-order valence-corrected chi connectivity index (χ2v) is 25.5. The van der Waals surface area contributed by atoms with Crippen LogP contribution in [0.15, 0.2) is 48.5 Å². The van der Waals surface area contributed by atoms with Gasteiger partial charge in [-0.1, -0.05) is 88.7 Å². The zero-order valence-electron chi connectivity index (χ0n) is 27.4. The fraction of sp³-hybridized carbons (Fsp3) is 0.600. The summed E-state index contributed by atoms with van der Waals surface area (Å²) in [4.78, 5) is 2.59. The van der Waals surface area contributed by atoms with Crippen molar-refractivity contribution in [2.75, 3.05) is 4.90 Å². The van der Waals surface area contributed by atoms with Crippen LogP contribution in [0.2, 0.25) is 0 Å². The van der Waals surface area contributed by atoms with Gasteiger partial charge in [-0.05, 0) is 43.2 Å². The first kappa shape index (κ1) is 35.9. The molecular weight excluding hydrogens is 637 g/mol. The van der Waals surface area contributed by atoms with Gasteiger partial charge >= 0.3 is 103 Å². The minimum atomic E-state index is -1.64. The molecule has 2 aromatic rings. The minimum absolute atomic E-state index is 0.0586. The number of halogens is 2. The summed E-state index contributed by atoms with van der Waals surface area (Å²) in [5.41, 5.74) is 8.01. The molecule has 5 heteroatoms. The number of rotatable bonds is 8. The summed E-state index contributed by atoms with van der Waals surface area (Å²) in [6.07, 6.45) is 1.12. The first-order valence-electron chi connectivity index (χ1n) is 15.0. The van der Waals surface area contributed by atoms with Crippen molar-refractivity contribution >= 4 is 36.7 Å². The van der Waals surface area contributed by atoms with Crippen LogP contribution in [0.25, 0.3) is 0 Å². The SMILES string of the molecule is CC(C)[P+]([CH]=[Ru]([Cl])[Cl])(C(C)C)C(C)C.CC(C)c1cccc(C(C)C)c1N1[CH-][C@](C)(c2ccccc2)CC1(C)C. The Bertz CT molecular complexity index is 1070. The van der Waals surface area contributed by atoms with Crippen molar-refractivity contribution in [3.63, 3.8) is 0 Å². The molecule has 0 saturated carbocycles. The second-order valence-electron chi connectivity index (χ2n) is 13.8. The summed E-state index contributed by atoms with van der Waals surface area (Å²) < 4.78 is 2.36. The largest absolute Gasteiger partial charge is 0.517 e. The third kappa shape index (κ3) is 8.01. The molecule has 40 heavy (non-hydrogen) atoms. The third-order valence-corrected chi connectivity index (χ3v) is 20.4. The van der Waals surface area contributed by atoms with E-state index in [4.69, 9.17) is 19.4 Å². The maximum absolute atomic E-state index is 6.08. The Labute approximate surface area is 261 Å². The summed E-state index contributed by atoms with van der Waals surface area (Å²) in [5, 5.41) is 0. The van der Waals surface area contributed by atoms with E-state index in [0.717, 1.165) is 6.42 Å². The smallest absolute Gasteiger partial charge is 0.0145 e. The predicted molar refractivity (Wildman–Crippen MR) is 184 cm³/mol. The zero-order chi connectivity index (χ0) is 30.6. The third-order valence-electron chi connectivity index (χ3n) is 8.79. The molecule has 0 unspecified atom stereocenters. The molecule has 0 aliphatic carbocycles. The van der Waals surface area contributed by atoms with Gasteiger partial charge < -0.3 is 4.90 Å². The van der Waals surface area contributed by atoms with Crippen LogP contribution < -0.4 is 4.90 Å². The molecule has 0 N–H and O–H groups in total. The molecular formula is C35H56Cl2NPRu.